The molecule has 0 spiro atoms. The summed E-state index contributed by atoms with van der Waals surface area (Å²) in [5.74, 6) is -0.937. The molecule has 0 fully saturated rings. The molecule has 1 aliphatic rings. The van der Waals surface area contributed by atoms with Crippen LogP contribution in [0, 0.1) is 0 Å². The third-order valence-corrected chi connectivity index (χ3v) is 4.31. The van der Waals surface area contributed by atoms with Crippen molar-refractivity contribution in [1.82, 2.24) is 0 Å². The SMILES string of the molecule is COC([O-])=C1C=CC=CC1=NS(=O)(=O)c1ccc(NC(C)=O)cc1. The maximum Gasteiger partial charge on any atom is 0.282 e. The van der Waals surface area contributed by atoms with E-state index in [0.29, 0.717) is 5.69 Å². The molecule has 2 rings (SSSR count). The number of carbonyl (C=O) groups is 1. The fourth-order valence-electron chi connectivity index (χ4n) is 1.93. The van der Waals surface area contributed by atoms with Gasteiger partial charge in [-0.15, -0.1) is 0 Å². The molecule has 1 amide bonds. The number of rotatable bonds is 4. The van der Waals surface area contributed by atoms with Gasteiger partial charge in [-0.05, 0) is 37.5 Å². The average molecular weight is 347 g/mol. The van der Waals surface area contributed by atoms with Gasteiger partial charge in [-0.3, -0.25) is 4.79 Å². The van der Waals surface area contributed by atoms with Crippen molar-refractivity contribution >= 4 is 27.3 Å². The predicted molar refractivity (Wildman–Crippen MR) is 87.7 cm³/mol. The maximum absolute atomic E-state index is 12.4. The number of carbonyl (C=O) groups excluding carboxylic acids is 1. The smallest absolute Gasteiger partial charge is 0.282 e. The Kier molecular flexibility index (Phi) is 5.20. The molecule has 24 heavy (non-hydrogen) atoms. The molecule has 0 radical (unpaired) electrons. The van der Waals surface area contributed by atoms with E-state index >= 15 is 0 Å². The lowest BCUT2D eigenvalue weighted by Gasteiger charge is -2.16. The number of hydrogen-bond acceptors (Lipinski definition) is 5. The molecule has 8 heteroatoms. The number of amides is 1. The van der Waals surface area contributed by atoms with Crippen LogP contribution in [0.1, 0.15) is 6.92 Å². The molecule has 1 aromatic carbocycles. The van der Waals surface area contributed by atoms with Crippen LogP contribution in [0.5, 0.6) is 0 Å². The molecule has 0 saturated heterocycles. The lowest BCUT2D eigenvalue weighted by atomic mass is 10.1. The lowest BCUT2D eigenvalue weighted by molar-refractivity contribution is -0.354. The van der Waals surface area contributed by atoms with Crippen LogP contribution < -0.4 is 10.4 Å². The monoisotopic (exact) mass is 347 g/mol. The highest BCUT2D eigenvalue weighted by molar-refractivity contribution is 7.90. The van der Waals surface area contributed by atoms with Crippen LogP contribution in [-0.2, 0) is 19.6 Å². The Morgan fingerprint density at radius 3 is 2.38 bits per heavy atom. The molecule has 0 atom stereocenters. The fourth-order valence-corrected chi connectivity index (χ4v) is 2.94. The molecule has 0 aromatic heterocycles. The Hall–Kier alpha value is -2.87. The van der Waals surface area contributed by atoms with E-state index < -0.39 is 16.0 Å². The van der Waals surface area contributed by atoms with Crippen molar-refractivity contribution < 1.29 is 23.1 Å². The lowest BCUT2D eigenvalue weighted by Crippen LogP contribution is -2.16. The number of anilines is 1. The summed E-state index contributed by atoms with van der Waals surface area (Å²) in [5, 5.41) is 14.2. The van der Waals surface area contributed by atoms with Crippen LogP contribution in [0.3, 0.4) is 0 Å². The Morgan fingerprint density at radius 1 is 1.17 bits per heavy atom. The van der Waals surface area contributed by atoms with Crippen molar-refractivity contribution in [3.8, 4) is 0 Å². The number of allylic oxidation sites excluding steroid dienone is 5. The number of hydrogen-bond donors (Lipinski definition) is 1. The van der Waals surface area contributed by atoms with E-state index in [9.17, 15) is 18.3 Å². The number of methoxy groups -OCH3 is 1. The van der Waals surface area contributed by atoms with Crippen LogP contribution in [0.15, 0.2) is 69.4 Å². The van der Waals surface area contributed by atoms with Gasteiger partial charge in [0, 0.05) is 18.2 Å². The van der Waals surface area contributed by atoms with E-state index in [2.05, 4.69) is 14.5 Å². The zero-order valence-corrected chi connectivity index (χ0v) is 13.8. The van der Waals surface area contributed by atoms with E-state index in [0.717, 1.165) is 0 Å². The number of ether oxygens (including phenoxy) is 1. The fraction of sp³-hybridized carbons (Fsp3) is 0.125. The molecule has 0 heterocycles. The second-order valence-electron chi connectivity index (χ2n) is 4.78. The normalized spacial score (nSPS) is 17.7. The average Bonchev–Trinajstić information content (AvgIpc) is 2.54. The summed E-state index contributed by atoms with van der Waals surface area (Å²) in [5.41, 5.74) is 0.519. The molecule has 0 saturated carbocycles. The first-order valence-corrected chi connectivity index (χ1v) is 8.30. The van der Waals surface area contributed by atoms with Gasteiger partial charge in [-0.1, -0.05) is 18.2 Å². The Balaban J connectivity index is 2.38. The quantitative estimate of drug-likeness (QED) is 0.821. The van der Waals surface area contributed by atoms with Crippen molar-refractivity contribution in [2.45, 2.75) is 11.8 Å². The minimum Gasteiger partial charge on any atom is -0.616 e. The largest absolute Gasteiger partial charge is 0.616 e. The van der Waals surface area contributed by atoms with E-state index in [1.54, 1.807) is 12.2 Å². The van der Waals surface area contributed by atoms with Crippen LogP contribution in [0.2, 0.25) is 0 Å². The van der Waals surface area contributed by atoms with Crippen molar-refractivity contribution in [2.75, 3.05) is 12.4 Å². The van der Waals surface area contributed by atoms with Gasteiger partial charge in [0.15, 0.2) is 0 Å². The molecule has 126 valence electrons. The van der Waals surface area contributed by atoms with Crippen molar-refractivity contribution in [3.05, 3.63) is 60.1 Å². The van der Waals surface area contributed by atoms with Crippen LogP contribution >= 0.6 is 0 Å². The highest BCUT2D eigenvalue weighted by Gasteiger charge is 2.16. The number of nitrogens with one attached hydrogen (secondary N) is 1. The van der Waals surface area contributed by atoms with E-state index in [1.807, 2.05) is 0 Å². The summed E-state index contributed by atoms with van der Waals surface area (Å²) >= 11 is 0. The Bertz CT molecular complexity index is 862. The molecular weight excluding hydrogens is 332 g/mol. The van der Waals surface area contributed by atoms with E-state index in [4.69, 9.17) is 0 Å². The molecule has 1 aliphatic carbocycles. The number of benzene rings is 1. The number of sulfonamides is 1. The molecule has 0 unspecified atom stereocenters. The molecule has 7 nitrogen and oxygen atoms in total. The van der Waals surface area contributed by atoms with Gasteiger partial charge in [0.05, 0.1) is 16.6 Å². The highest BCUT2D eigenvalue weighted by atomic mass is 32.2. The molecule has 0 aliphatic heterocycles. The topological polar surface area (TPSA) is 108 Å². The van der Waals surface area contributed by atoms with Crippen LogP contribution in [0.25, 0.3) is 0 Å². The predicted octanol–water partition coefficient (Wildman–Crippen LogP) is 1.12. The maximum atomic E-state index is 12.4. The summed E-state index contributed by atoms with van der Waals surface area (Å²) in [6, 6.07) is 5.56. The number of nitrogens with zero attached hydrogens (tertiary/aromatic N) is 1. The molecular formula is C16H15N2O5S-. The summed E-state index contributed by atoms with van der Waals surface area (Å²) in [6.07, 6.45) is 6.00. The van der Waals surface area contributed by atoms with E-state index in [-0.39, 0.29) is 22.1 Å². The zero-order chi connectivity index (χ0) is 17.7. The van der Waals surface area contributed by atoms with Crippen molar-refractivity contribution in [1.29, 1.82) is 0 Å². The van der Waals surface area contributed by atoms with Crippen LogP contribution in [0.4, 0.5) is 5.69 Å². The van der Waals surface area contributed by atoms with Gasteiger partial charge in [0.1, 0.15) is 0 Å². The van der Waals surface area contributed by atoms with Gasteiger partial charge in [0.25, 0.3) is 10.0 Å². The summed E-state index contributed by atoms with van der Waals surface area (Å²) in [4.78, 5) is 10.9. The third kappa shape index (κ3) is 4.11. The summed E-state index contributed by atoms with van der Waals surface area (Å²) in [6.45, 7) is 1.35. The second-order valence-corrected chi connectivity index (χ2v) is 6.38. The van der Waals surface area contributed by atoms with Gasteiger partial charge in [-0.25, -0.2) is 0 Å². The van der Waals surface area contributed by atoms with Crippen molar-refractivity contribution in [3.63, 3.8) is 0 Å². The Morgan fingerprint density at radius 2 is 1.79 bits per heavy atom. The molecule has 1 N–H and O–H groups in total. The standard InChI is InChI=1S/C16H16N2O5S/c1-11(19)17-12-7-9-13(10-8-12)24(21,22)18-15-6-4-3-5-14(15)16(20)23-2/h3-10,20H,1-2H3,(H,17,19)/p-1. The minimum atomic E-state index is -4.02. The molecule has 0 bridgehead atoms. The van der Waals surface area contributed by atoms with Gasteiger partial charge < -0.3 is 15.2 Å². The van der Waals surface area contributed by atoms with Gasteiger partial charge in [0.2, 0.25) is 5.91 Å². The van der Waals surface area contributed by atoms with Gasteiger partial charge in [-0.2, -0.15) is 12.8 Å². The summed E-state index contributed by atoms with van der Waals surface area (Å²) in [7, 11) is -2.82. The van der Waals surface area contributed by atoms with Crippen LogP contribution in [-0.4, -0.2) is 27.1 Å². The second kappa shape index (κ2) is 7.14. The highest BCUT2D eigenvalue weighted by Crippen LogP contribution is 2.19. The molecule has 1 aromatic rings. The van der Waals surface area contributed by atoms with Crippen molar-refractivity contribution in [2.24, 2.45) is 4.40 Å². The van der Waals surface area contributed by atoms with E-state index in [1.165, 1.54) is 50.5 Å². The summed E-state index contributed by atoms with van der Waals surface area (Å²) < 4.78 is 33.1. The Labute approximate surface area is 139 Å². The zero-order valence-electron chi connectivity index (χ0n) is 13.0. The first-order valence-electron chi connectivity index (χ1n) is 6.86. The first kappa shape index (κ1) is 17.5. The van der Waals surface area contributed by atoms with Gasteiger partial charge >= 0.3 is 0 Å². The minimum absolute atomic E-state index is 0.00436. The third-order valence-electron chi connectivity index (χ3n) is 3.00. The first-order chi connectivity index (χ1) is 11.3.